The summed E-state index contributed by atoms with van der Waals surface area (Å²) in [4.78, 5) is 8.60. The lowest BCUT2D eigenvalue weighted by Gasteiger charge is -2.25. The Morgan fingerprint density at radius 1 is 1.18 bits per heavy atom. The van der Waals surface area contributed by atoms with Gasteiger partial charge in [-0.2, -0.15) is 10.5 Å². The number of anilines is 2. The number of oxazole rings is 1. The first-order chi connectivity index (χ1) is 18.6. The van der Waals surface area contributed by atoms with Gasteiger partial charge in [-0.05, 0) is 37.3 Å². The molecule has 1 aromatic carbocycles. The minimum Gasteiger partial charge on any atom is -0.446 e. The van der Waals surface area contributed by atoms with Crippen LogP contribution in [0.5, 0.6) is 0 Å². The zero-order chi connectivity index (χ0) is 27.9. The Balaban J connectivity index is 1.58. The van der Waals surface area contributed by atoms with E-state index in [0.717, 1.165) is 0 Å². The van der Waals surface area contributed by atoms with E-state index in [1.165, 1.54) is 17.6 Å². The van der Waals surface area contributed by atoms with E-state index >= 15 is 0 Å². The number of nitrogens with one attached hydrogen (secondary N) is 4. The van der Waals surface area contributed by atoms with Crippen molar-refractivity contribution in [2.75, 3.05) is 17.2 Å². The Bertz CT molecular complexity index is 1520. The number of benzene rings is 1. The molecule has 0 saturated heterocycles. The van der Waals surface area contributed by atoms with Crippen LogP contribution >= 0.6 is 0 Å². The molecular formula is C27H29F2N9O. The molecule has 2 aromatic heterocycles. The fraction of sp³-hybridized carbons (Fsp3) is 0.407. The van der Waals surface area contributed by atoms with E-state index in [1.807, 2.05) is 6.07 Å². The zero-order valence-electron chi connectivity index (χ0n) is 22.1. The highest BCUT2D eigenvalue weighted by Gasteiger charge is 2.56. The number of rotatable bonds is 8. The maximum absolute atomic E-state index is 13.8. The monoisotopic (exact) mass is 533 g/mol. The van der Waals surface area contributed by atoms with E-state index < -0.39 is 18.0 Å². The van der Waals surface area contributed by atoms with Crippen LogP contribution < -0.4 is 21.6 Å². The third kappa shape index (κ3) is 4.91. The number of aryl methyl sites for hydroxylation is 1. The van der Waals surface area contributed by atoms with Crippen molar-refractivity contribution < 1.29 is 13.2 Å². The van der Waals surface area contributed by atoms with Gasteiger partial charge in [0.25, 0.3) is 6.43 Å². The molecule has 3 aromatic rings. The highest BCUT2D eigenvalue weighted by Crippen LogP contribution is 2.47. The lowest BCUT2D eigenvalue weighted by molar-refractivity contribution is 0.00911. The van der Waals surface area contributed by atoms with Crippen molar-refractivity contribution >= 4 is 22.3 Å². The molecule has 1 fully saturated rings. The number of nitriles is 2. The first kappa shape index (κ1) is 26.2. The number of hydrazine groups is 2. The van der Waals surface area contributed by atoms with Crippen molar-refractivity contribution in [1.82, 2.24) is 25.9 Å². The van der Waals surface area contributed by atoms with Crippen LogP contribution in [0.4, 0.5) is 20.2 Å². The van der Waals surface area contributed by atoms with Crippen LogP contribution in [0, 0.1) is 35.0 Å². The molecule has 5 rings (SSSR count). The van der Waals surface area contributed by atoms with E-state index in [9.17, 15) is 19.3 Å². The fourth-order valence-electron chi connectivity index (χ4n) is 4.55. The average molecular weight is 534 g/mol. The molecule has 0 bridgehead atoms. The van der Waals surface area contributed by atoms with Crippen LogP contribution in [-0.4, -0.2) is 33.5 Å². The SMILES string of the molecule is Cc1ncoc1[C@H](Nc1cc(C#N)c2ncc(C#N)c(NCC(C)(C)C)c2c1)C1=CN(C2(C(F)F)CC2)NN1. The van der Waals surface area contributed by atoms with Crippen LogP contribution in [-0.2, 0) is 0 Å². The highest BCUT2D eigenvalue weighted by molar-refractivity contribution is 5.99. The van der Waals surface area contributed by atoms with Gasteiger partial charge < -0.3 is 20.5 Å². The van der Waals surface area contributed by atoms with Gasteiger partial charge in [0.05, 0.1) is 33.7 Å². The lowest BCUT2D eigenvalue weighted by atomic mass is 9.96. The molecule has 1 atom stereocenters. The van der Waals surface area contributed by atoms with Crippen molar-refractivity contribution in [3.8, 4) is 12.1 Å². The zero-order valence-corrected chi connectivity index (χ0v) is 22.1. The topological polar surface area (TPSA) is 138 Å². The summed E-state index contributed by atoms with van der Waals surface area (Å²) in [6.45, 7) is 8.60. The molecule has 202 valence electrons. The van der Waals surface area contributed by atoms with E-state index in [-0.39, 0.29) is 5.41 Å². The maximum Gasteiger partial charge on any atom is 0.262 e. The third-order valence-corrected chi connectivity index (χ3v) is 6.91. The largest absolute Gasteiger partial charge is 0.446 e. The van der Waals surface area contributed by atoms with Gasteiger partial charge in [-0.15, -0.1) is 5.53 Å². The molecule has 1 saturated carbocycles. The van der Waals surface area contributed by atoms with Gasteiger partial charge in [0.15, 0.2) is 12.2 Å². The number of nitrogens with zero attached hydrogens (tertiary/aromatic N) is 5. The molecule has 12 heteroatoms. The summed E-state index contributed by atoms with van der Waals surface area (Å²) < 4.78 is 33.2. The van der Waals surface area contributed by atoms with E-state index in [1.54, 1.807) is 19.2 Å². The summed E-state index contributed by atoms with van der Waals surface area (Å²) in [5, 5.41) is 28.5. The Hall–Kier alpha value is -4.42. The summed E-state index contributed by atoms with van der Waals surface area (Å²) >= 11 is 0. The Kier molecular flexibility index (Phi) is 6.52. The molecule has 3 heterocycles. The van der Waals surface area contributed by atoms with Gasteiger partial charge in [0.2, 0.25) is 0 Å². The van der Waals surface area contributed by atoms with Gasteiger partial charge in [-0.25, -0.2) is 13.8 Å². The summed E-state index contributed by atoms with van der Waals surface area (Å²) in [6.07, 6.45) is 2.62. The molecule has 0 spiro atoms. The molecular weight excluding hydrogens is 504 g/mol. The van der Waals surface area contributed by atoms with Crippen molar-refractivity contribution in [1.29, 1.82) is 10.5 Å². The van der Waals surface area contributed by atoms with E-state index in [2.05, 4.69) is 64.5 Å². The summed E-state index contributed by atoms with van der Waals surface area (Å²) in [7, 11) is 0. The Labute approximate surface area is 224 Å². The number of hydrogen-bond donors (Lipinski definition) is 4. The second-order valence-electron chi connectivity index (χ2n) is 11.1. The van der Waals surface area contributed by atoms with Gasteiger partial charge in [0, 0.05) is 30.0 Å². The summed E-state index contributed by atoms with van der Waals surface area (Å²) in [6, 6.07) is 7.21. The van der Waals surface area contributed by atoms with Crippen LogP contribution in [0.1, 0.15) is 62.2 Å². The fourth-order valence-corrected chi connectivity index (χ4v) is 4.55. The van der Waals surface area contributed by atoms with Gasteiger partial charge in [-0.1, -0.05) is 20.8 Å². The third-order valence-electron chi connectivity index (χ3n) is 6.91. The number of halogens is 2. The highest BCUT2D eigenvalue weighted by atomic mass is 19.3. The summed E-state index contributed by atoms with van der Waals surface area (Å²) in [5.74, 6) is 0.480. The van der Waals surface area contributed by atoms with Crippen molar-refractivity contribution in [3.63, 3.8) is 0 Å². The van der Waals surface area contributed by atoms with Gasteiger partial charge in [0.1, 0.15) is 23.7 Å². The lowest BCUT2D eigenvalue weighted by Crippen LogP contribution is -2.48. The normalized spacial score (nSPS) is 16.8. The molecule has 4 N–H and O–H groups in total. The molecule has 0 amide bonds. The first-order valence-corrected chi connectivity index (χ1v) is 12.5. The molecule has 1 aliphatic heterocycles. The minimum atomic E-state index is -2.51. The predicted molar refractivity (Wildman–Crippen MR) is 141 cm³/mol. The number of hydrogen-bond acceptors (Lipinski definition) is 10. The second-order valence-corrected chi connectivity index (χ2v) is 11.1. The van der Waals surface area contributed by atoms with Crippen LogP contribution in [0.3, 0.4) is 0 Å². The standard InChI is InChI=1S/C27H29F2N9O/c1-15-24(39-14-34-15)23(20-12-38(37-36-20)27(5-6-27)25(28)29)35-18-7-16(9-30)21-19(8-18)22(17(10-31)11-32-21)33-13-26(2,3)4/h7-8,11-12,14,23,25,35-37H,5-6,13H2,1-4H3,(H,32,33)/t23-/m1/s1. The number of alkyl halides is 2. The number of aromatic nitrogens is 2. The maximum atomic E-state index is 13.8. The minimum absolute atomic E-state index is 0.0677. The van der Waals surface area contributed by atoms with Crippen molar-refractivity contribution in [3.05, 3.63) is 59.2 Å². The molecule has 39 heavy (non-hydrogen) atoms. The van der Waals surface area contributed by atoms with Crippen molar-refractivity contribution in [2.24, 2.45) is 5.41 Å². The van der Waals surface area contributed by atoms with Gasteiger partial charge >= 0.3 is 0 Å². The van der Waals surface area contributed by atoms with Crippen LogP contribution in [0.15, 0.2) is 41.0 Å². The van der Waals surface area contributed by atoms with E-state index in [0.29, 0.717) is 69.9 Å². The molecule has 0 radical (unpaired) electrons. The first-order valence-electron chi connectivity index (χ1n) is 12.5. The molecule has 0 unspecified atom stereocenters. The summed E-state index contributed by atoms with van der Waals surface area (Å²) in [5.41, 5.74) is 7.95. The predicted octanol–water partition coefficient (Wildman–Crippen LogP) is 4.85. The molecule has 2 aliphatic rings. The average Bonchev–Trinajstić information content (AvgIpc) is 3.37. The Morgan fingerprint density at radius 2 is 1.92 bits per heavy atom. The molecule has 10 nitrogen and oxygen atoms in total. The van der Waals surface area contributed by atoms with E-state index in [4.69, 9.17) is 4.42 Å². The quantitative estimate of drug-likeness (QED) is 0.318. The number of pyridine rings is 1. The van der Waals surface area contributed by atoms with Gasteiger partial charge in [-0.3, -0.25) is 9.99 Å². The number of fused-ring (bicyclic) bond motifs is 1. The smallest absolute Gasteiger partial charge is 0.262 e. The molecule has 1 aliphatic carbocycles. The Morgan fingerprint density at radius 3 is 2.51 bits per heavy atom. The second kappa shape index (κ2) is 9.71. The van der Waals surface area contributed by atoms with Crippen LogP contribution in [0.25, 0.3) is 10.9 Å². The van der Waals surface area contributed by atoms with Crippen LogP contribution in [0.2, 0.25) is 0 Å². The van der Waals surface area contributed by atoms with Crippen molar-refractivity contribution in [2.45, 2.75) is 58.5 Å².